The third-order valence-corrected chi connectivity index (χ3v) is 8.14. The summed E-state index contributed by atoms with van der Waals surface area (Å²) in [6.45, 7) is 0.216. The number of fused-ring (bicyclic) bond motifs is 2. The molecule has 37 heavy (non-hydrogen) atoms. The van der Waals surface area contributed by atoms with Crippen LogP contribution in [0, 0.1) is 17.8 Å². The highest BCUT2D eigenvalue weighted by Gasteiger charge is 2.72. The van der Waals surface area contributed by atoms with Gasteiger partial charge in [-0.05, 0) is 36.5 Å². The summed E-state index contributed by atoms with van der Waals surface area (Å²) in [6.07, 6.45) is 2.00. The number of ether oxygens (including phenoxy) is 1. The molecule has 8 heteroatoms. The maximum absolute atomic E-state index is 13.6. The van der Waals surface area contributed by atoms with Crippen LogP contribution in [-0.4, -0.2) is 58.0 Å². The predicted molar refractivity (Wildman–Crippen MR) is 134 cm³/mol. The molecule has 2 saturated heterocycles. The molecule has 0 bridgehead atoms. The third-order valence-electron chi connectivity index (χ3n) is 8.14. The quantitative estimate of drug-likeness (QED) is 0.407. The maximum Gasteiger partial charge on any atom is 0.252 e. The molecule has 2 aliphatic heterocycles. The van der Waals surface area contributed by atoms with Crippen LogP contribution in [0.5, 0.6) is 0 Å². The number of carbonyl (C=O) groups is 2. The number of hydrogen-bond donors (Lipinski definition) is 3. The van der Waals surface area contributed by atoms with E-state index < -0.39 is 35.7 Å². The van der Waals surface area contributed by atoms with Gasteiger partial charge in [-0.2, -0.15) is 5.06 Å². The third kappa shape index (κ3) is 4.42. The average Bonchev–Trinajstić information content (AvgIpc) is 3.56. The van der Waals surface area contributed by atoms with Crippen LogP contribution in [0.1, 0.15) is 42.4 Å². The smallest absolute Gasteiger partial charge is 0.252 e. The summed E-state index contributed by atoms with van der Waals surface area (Å²) in [7, 11) is 0. The Balaban J connectivity index is 1.30. The molecular weight excluding hydrogens is 470 g/mol. The van der Waals surface area contributed by atoms with E-state index in [9.17, 15) is 14.7 Å². The van der Waals surface area contributed by atoms with Crippen LogP contribution in [0.2, 0.25) is 0 Å². The predicted octanol–water partition coefficient (Wildman–Crippen LogP) is 1.44. The topological polar surface area (TPSA) is 117 Å². The van der Waals surface area contributed by atoms with E-state index in [1.165, 1.54) is 5.06 Å². The van der Waals surface area contributed by atoms with E-state index in [0.29, 0.717) is 6.42 Å². The molecule has 4 N–H and O–H groups in total. The fraction of sp³-hybridized carbons (Fsp3) is 0.448. The number of hydrogen-bond acceptors (Lipinski definition) is 6. The zero-order valence-corrected chi connectivity index (χ0v) is 20.5. The van der Waals surface area contributed by atoms with E-state index in [4.69, 9.17) is 15.3 Å². The standard InChI is InChI=1S/C29H31N3O5/c30-28(35)29-16-22-26(36-22)25(33)23(29)24(27(34)31-21-14-7-15-21)32(37-29)17-20-12-5-4-11-19(20)13-6-10-18-8-2-1-3-9-18/h1-5,8-9,11-12,21-26,33H,7,10,14-17H2,(H2,30,35)(H,31,34)/t22?,23?,24?,25-,26?,29-/m0/s1. The number of epoxide rings is 1. The van der Waals surface area contributed by atoms with E-state index in [2.05, 4.69) is 17.2 Å². The van der Waals surface area contributed by atoms with Crippen LogP contribution in [0.25, 0.3) is 0 Å². The number of benzene rings is 2. The Morgan fingerprint density at radius 1 is 1.14 bits per heavy atom. The van der Waals surface area contributed by atoms with Gasteiger partial charge in [-0.15, -0.1) is 0 Å². The van der Waals surface area contributed by atoms with Gasteiger partial charge in [0.2, 0.25) is 5.91 Å². The number of aliphatic hydroxyl groups is 1. The van der Waals surface area contributed by atoms with E-state index >= 15 is 0 Å². The fourth-order valence-electron chi connectivity index (χ4n) is 5.88. The van der Waals surface area contributed by atoms with Crippen molar-refractivity contribution in [1.29, 1.82) is 0 Å². The molecule has 2 aliphatic carbocycles. The van der Waals surface area contributed by atoms with Crippen molar-refractivity contribution >= 4 is 11.8 Å². The number of hydroxylamine groups is 2. The number of nitrogens with one attached hydrogen (secondary N) is 1. The van der Waals surface area contributed by atoms with Crippen LogP contribution < -0.4 is 11.1 Å². The number of carbonyl (C=O) groups excluding carboxylic acids is 2. The molecule has 8 nitrogen and oxygen atoms in total. The van der Waals surface area contributed by atoms with Gasteiger partial charge in [0.05, 0.1) is 24.7 Å². The Hall–Kier alpha value is -3.22. The van der Waals surface area contributed by atoms with Crippen molar-refractivity contribution in [2.75, 3.05) is 0 Å². The van der Waals surface area contributed by atoms with Crippen molar-refractivity contribution in [2.24, 2.45) is 11.7 Å². The molecule has 4 aliphatic rings. The Kier molecular flexibility index (Phi) is 6.25. The van der Waals surface area contributed by atoms with Gasteiger partial charge in [-0.3, -0.25) is 14.4 Å². The molecule has 2 heterocycles. The van der Waals surface area contributed by atoms with Gasteiger partial charge >= 0.3 is 0 Å². The van der Waals surface area contributed by atoms with Crippen molar-refractivity contribution < 1.29 is 24.3 Å². The molecule has 0 spiro atoms. The Morgan fingerprint density at radius 2 is 1.89 bits per heavy atom. The SMILES string of the molecule is NC(=O)[C@]12CC3OC3[C@@H](O)C1C(C(=O)NC1CCC1)N(Cc1ccccc1C#CCc1ccccc1)O2. The second kappa shape index (κ2) is 9.58. The van der Waals surface area contributed by atoms with E-state index in [-0.39, 0.29) is 31.0 Å². The minimum absolute atomic E-state index is 0.0970. The van der Waals surface area contributed by atoms with Crippen LogP contribution >= 0.6 is 0 Å². The molecule has 0 aromatic heterocycles. The van der Waals surface area contributed by atoms with E-state index in [1.807, 2.05) is 54.6 Å². The highest BCUT2D eigenvalue weighted by molar-refractivity contribution is 5.89. The molecular formula is C29H31N3O5. The molecule has 4 fully saturated rings. The average molecular weight is 502 g/mol. The first-order chi connectivity index (χ1) is 18.0. The van der Waals surface area contributed by atoms with E-state index in [0.717, 1.165) is 36.0 Å². The summed E-state index contributed by atoms with van der Waals surface area (Å²) in [4.78, 5) is 32.7. The van der Waals surface area contributed by atoms with Gasteiger partial charge in [0.1, 0.15) is 12.1 Å². The number of nitrogens with two attached hydrogens (primary N) is 1. The molecule has 192 valence electrons. The zero-order valence-electron chi connectivity index (χ0n) is 20.5. The summed E-state index contributed by atoms with van der Waals surface area (Å²) in [5.74, 6) is 4.71. The number of nitrogens with zero attached hydrogens (tertiary/aromatic N) is 1. The second-order valence-electron chi connectivity index (χ2n) is 10.5. The van der Waals surface area contributed by atoms with Crippen molar-refractivity contribution in [3.8, 4) is 11.8 Å². The molecule has 4 unspecified atom stereocenters. The Morgan fingerprint density at radius 3 is 2.62 bits per heavy atom. The lowest BCUT2D eigenvalue weighted by atomic mass is 9.70. The van der Waals surface area contributed by atoms with Crippen molar-refractivity contribution in [1.82, 2.24) is 10.4 Å². The number of primary amides is 1. The zero-order chi connectivity index (χ0) is 25.6. The van der Waals surface area contributed by atoms with Crippen LogP contribution in [0.3, 0.4) is 0 Å². The first-order valence-electron chi connectivity index (χ1n) is 13.0. The highest BCUT2D eigenvalue weighted by atomic mass is 16.7. The molecule has 2 amide bonds. The molecule has 6 atom stereocenters. The lowest BCUT2D eigenvalue weighted by molar-refractivity contribution is -0.217. The van der Waals surface area contributed by atoms with Crippen molar-refractivity contribution in [3.05, 3.63) is 71.3 Å². The minimum Gasteiger partial charge on any atom is -0.390 e. The summed E-state index contributed by atoms with van der Waals surface area (Å²) in [6, 6.07) is 16.9. The van der Waals surface area contributed by atoms with Crippen LogP contribution in [0.15, 0.2) is 54.6 Å². The van der Waals surface area contributed by atoms with E-state index in [1.54, 1.807) is 0 Å². The first kappa shape index (κ1) is 24.1. The molecule has 6 rings (SSSR count). The van der Waals surface area contributed by atoms with Gasteiger partial charge in [-0.25, -0.2) is 0 Å². The number of rotatable bonds is 6. The van der Waals surface area contributed by atoms with Crippen molar-refractivity contribution in [2.45, 2.75) is 74.6 Å². The van der Waals surface area contributed by atoms with Gasteiger partial charge in [0.25, 0.3) is 5.91 Å². The van der Waals surface area contributed by atoms with Crippen molar-refractivity contribution in [3.63, 3.8) is 0 Å². The monoisotopic (exact) mass is 501 g/mol. The van der Waals surface area contributed by atoms with Gasteiger partial charge in [0, 0.05) is 24.4 Å². The summed E-state index contributed by atoms with van der Waals surface area (Å²) >= 11 is 0. The fourth-order valence-corrected chi connectivity index (χ4v) is 5.88. The Bertz CT molecular complexity index is 1250. The largest absolute Gasteiger partial charge is 0.390 e. The Labute approximate surface area is 216 Å². The summed E-state index contributed by atoms with van der Waals surface area (Å²) in [5.41, 5.74) is 7.18. The normalized spacial score (nSPS) is 32.3. The van der Waals surface area contributed by atoms with Crippen LogP contribution in [-0.2, 0) is 32.1 Å². The first-order valence-corrected chi connectivity index (χ1v) is 13.0. The number of amides is 2. The second-order valence-corrected chi connectivity index (χ2v) is 10.5. The van der Waals surface area contributed by atoms with Crippen LogP contribution in [0.4, 0.5) is 0 Å². The molecule has 2 saturated carbocycles. The number of aliphatic hydroxyl groups excluding tert-OH is 1. The maximum atomic E-state index is 13.6. The highest BCUT2D eigenvalue weighted by Crippen LogP contribution is 2.53. The van der Waals surface area contributed by atoms with Gasteiger partial charge in [0.15, 0.2) is 5.60 Å². The lowest BCUT2D eigenvalue weighted by Gasteiger charge is -2.36. The molecule has 0 radical (unpaired) electrons. The van der Waals surface area contributed by atoms with Gasteiger partial charge in [-0.1, -0.05) is 60.4 Å². The molecule has 2 aromatic carbocycles. The molecule has 2 aromatic rings. The lowest BCUT2D eigenvalue weighted by Crippen LogP contribution is -2.61. The summed E-state index contributed by atoms with van der Waals surface area (Å²) < 4.78 is 5.59. The minimum atomic E-state index is -1.51. The summed E-state index contributed by atoms with van der Waals surface area (Å²) in [5, 5.41) is 15.8. The van der Waals surface area contributed by atoms with Gasteiger partial charge < -0.3 is 20.9 Å².